The van der Waals surface area contributed by atoms with Crippen LogP contribution in [0.3, 0.4) is 0 Å². The first-order valence-electron chi connectivity index (χ1n) is 10.1. The molecule has 2 amide bonds. The molecule has 0 aromatic heterocycles. The van der Waals surface area contributed by atoms with Crippen molar-refractivity contribution in [3.8, 4) is 11.5 Å². The molecule has 9 heteroatoms. The topological polar surface area (TPSA) is 55.8 Å². The molecule has 1 fully saturated rings. The second kappa shape index (κ2) is 11.0. The molecule has 1 aliphatic rings. The van der Waals surface area contributed by atoms with Gasteiger partial charge in [-0.3, -0.25) is 14.5 Å². The van der Waals surface area contributed by atoms with Crippen LogP contribution in [0.25, 0.3) is 6.08 Å². The molecule has 4 rings (SSSR count). The molecule has 1 heterocycles. The number of imide groups is 1. The number of nitrogens with zero attached hydrogens (tertiary/aromatic N) is 1. The third kappa shape index (κ3) is 5.54. The van der Waals surface area contributed by atoms with E-state index in [1.54, 1.807) is 37.5 Å². The number of amides is 2. The van der Waals surface area contributed by atoms with Gasteiger partial charge in [0.15, 0.2) is 11.5 Å². The minimum absolute atomic E-state index is 0.00757. The highest BCUT2D eigenvalue weighted by molar-refractivity contribution is 14.1. The van der Waals surface area contributed by atoms with Gasteiger partial charge in [-0.25, -0.2) is 0 Å². The molecule has 0 radical (unpaired) electrons. The van der Waals surface area contributed by atoms with Crippen molar-refractivity contribution in [1.82, 2.24) is 4.90 Å². The number of methoxy groups -OCH3 is 1. The van der Waals surface area contributed by atoms with Crippen molar-refractivity contribution in [2.75, 3.05) is 7.11 Å². The highest BCUT2D eigenvalue weighted by Gasteiger charge is 2.35. The van der Waals surface area contributed by atoms with E-state index in [-0.39, 0.29) is 11.8 Å². The van der Waals surface area contributed by atoms with Gasteiger partial charge in [-0.2, -0.15) is 0 Å². The molecule has 0 saturated carbocycles. The maximum Gasteiger partial charge on any atom is 0.293 e. The number of thioether (sulfide) groups is 1. The van der Waals surface area contributed by atoms with E-state index in [2.05, 4.69) is 22.6 Å². The second-order valence-electron chi connectivity index (χ2n) is 7.28. The van der Waals surface area contributed by atoms with Gasteiger partial charge in [-0.05, 0) is 75.8 Å². The summed E-state index contributed by atoms with van der Waals surface area (Å²) >= 11 is 15.5. The summed E-state index contributed by atoms with van der Waals surface area (Å²) in [5.41, 5.74) is 2.29. The number of rotatable bonds is 7. The number of carbonyl (C=O) groups is 2. The van der Waals surface area contributed by atoms with Crippen LogP contribution in [-0.2, 0) is 17.9 Å². The highest BCUT2D eigenvalue weighted by atomic mass is 127. The lowest BCUT2D eigenvalue weighted by molar-refractivity contribution is -0.123. The maximum atomic E-state index is 13.0. The zero-order valence-electron chi connectivity index (χ0n) is 17.9. The van der Waals surface area contributed by atoms with Crippen LogP contribution in [0.1, 0.15) is 16.7 Å². The summed E-state index contributed by atoms with van der Waals surface area (Å²) in [5.74, 6) is 0.756. The van der Waals surface area contributed by atoms with Crippen molar-refractivity contribution in [3.05, 3.63) is 95.9 Å². The largest absolute Gasteiger partial charge is 0.493 e. The average molecular weight is 626 g/mol. The molecule has 5 nitrogen and oxygen atoms in total. The molecule has 0 spiro atoms. The van der Waals surface area contributed by atoms with Gasteiger partial charge in [0.1, 0.15) is 6.61 Å². The van der Waals surface area contributed by atoms with Gasteiger partial charge in [0, 0.05) is 15.6 Å². The molecule has 0 atom stereocenters. The Bertz CT molecular complexity index is 1260. The predicted octanol–water partition coefficient (Wildman–Crippen LogP) is 7.42. The highest BCUT2D eigenvalue weighted by Crippen LogP contribution is 2.38. The van der Waals surface area contributed by atoms with E-state index >= 15 is 0 Å². The number of halogens is 3. The van der Waals surface area contributed by atoms with Crippen LogP contribution in [0.4, 0.5) is 4.79 Å². The van der Waals surface area contributed by atoms with Gasteiger partial charge in [0.2, 0.25) is 0 Å². The fraction of sp³-hybridized carbons (Fsp3) is 0.120. The van der Waals surface area contributed by atoms with Crippen molar-refractivity contribution < 1.29 is 19.1 Å². The molecule has 174 valence electrons. The zero-order chi connectivity index (χ0) is 24.2. The molecule has 0 unspecified atom stereocenters. The van der Waals surface area contributed by atoms with E-state index in [1.165, 1.54) is 0 Å². The fourth-order valence-corrected chi connectivity index (χ4v) is 5.46. The molecule has 1 saturated heterocycles. The lowest BCUT2D eigenvalue weighted by Gasteiger charge is -2.15. The van der Waals surface area contributed by atoms with Crippen molar-refractivity contribution >= 4 is 74.8 Å². The van der Waals surface area contributed by atoms with Gasteiger partial charge >= 0.3 is 0 Å². The van der Waals surface area contributed by atoms with E-state index in [0.717, 1.165) is 31.4 Å². The Morgan fingerprint density at radius 1 is 1.03 bits per heavy atom. The van der Waals surface area contributed by atoms with Crippen LogP contribution < -0.4 is 9.47 Å². The van der Waals surface area contributed by atoms with E-state index in [9.17, 15) is 9.59 Å². The second-order valence-corrected chi connectivity index (χ2v) is 10.2. The SMILES string of the molecule is COc1cc(/C=C2/SC(=O)N(Cc3c(Cl)cccc3Cl)C2=O)cc(I)c1OCc1ccccc1. The summed E-state index contributed by atoms with van der Waals surface area (Å²) in [6, 6.07) is 18.6. The van der Waals surface area contributed by atoms with Crippen LogP contribution >= 0.6 is 57.6 Å². The number of hydrogen-bond acceptors (Lipinski definition) is 5. The summed E-state index contributed by atoms with van der Waals surface area (Å²) in [7, 11) is 1.56. The summed E-state index contributed by atoms with van der Waals surface area (Å²) in [5, 5.41) is 0.429. The Labute approximate surface area is 225 Å². The van der Waals surface area contributed by atoms with Gasteiger partial charge in [-0.1, -0.05) is 59.6 Å². The summed E-state index contributed by atoms with van der Waals surface area (Å²) in [4.78, 5) is 27.0. The number of hydrogen-bond donors (Lipinski definition) is 0. The molecule has 1 aliphatic heterocycles. The Morgan fingerprint density at radius 3 is 2.41 bits per heavy atom. The smallest absolute Gasteiger partial charge is 0.293 e. The first kappa shape index (κ1) is 24.9. The number of benzene rings is 3. The normalized spacial score (nSPS) is 14.7. The molecule has 3 aromatic carbocycles. The summed E-state index contributed by atoms with van der Waals surface area (Å²) < 4.78 is 12.4. The monoisotopic (exact) mass is 625 g/mol. The third-order valence-electron chi connectivity index (χ3n) is 5.03. The van der Waals surface area contributed by atoms with Crippen molar-refractivity contribution in [2.45, 2.75) is 13.2 Å². The molecular weight excluding hydrogens is 608 g/mol. The minimum atomic E-state index is -0.399. The minimum Gasteiger partial charge on any atom is -0.493 e. The quantitative estimate of drug-likeness (QED) is 0.202. The van der Waals surface area contributed by atoms with Crippen molar-refractivity contribution in [2.24, 2.45) is 0 Å². The Morgan fingerprint density at radius 2 is 1.74 bits per heavy atom. The first-order chi connectivity index (χ1) is 16.4. The van der Waals surface area contributed by atoms with Gasteiger partial charge in [0.05, 0.1) is 22.1 Å². The fourth-order valence-electron chi connectivity index (χ4n) is 3.32. The van der Waals surface area contributed by atoms with Crippen LogP contribution in [0, 0.1) is 3.57 Å². The van der Waals surface area contributed by atoms with Gasteiger partial charge in [-0.15, -0.1) is 0 Å². The Hall–Kier alpha value is -2.20. The van der Waals surface area contributed by atoms with Gasteiger partial charge < -0.3 is 9.47 Å². The molecular formula is C25H18Cl2INO4S. The summed E-state index contributed by atoms with van der Waals surface area (Å²) in [6.07, 6.45) is 1.67. The van der Waals surface area contributed by atoms with Crippen LogP contribution in [0.2, 0.25) is 10.0 Å². The number of carbonyl (C=O) groups excluding carboxylic acids is 2. The van der Waals surface area contributed by atoms with E-state index < -0.39 is 5.91 Å². The molecule has 34 heavy (non-hydrogen) atoms. The molecule has 3 aromatic rings. The van der Waals surface area contributed by atoms with Crippen LogP contribution in [0.5, 0.6) is 11.5 Å². The average Bonchev–Trinajstić information content (AvgIpc) is 3.08. The van der Waals surface area contributed by atoms with E-state index in [1.807, 2.05) is 36.4 Å². The van der Waals surface area contributed by atoms with Crippen molar-refractivity contribution in [1.29, 1.82) is 0 Å². The summed E-state index contributed by atoms with van der Waals surface area (Å²) in [6.45, 7) is 0.406. The van der Waals surface area contributed by atoms with E-state index in [4.69, 9.17) is 32.7 Å². The van der Waals surface area contributed by atoms with Gasteiger partial charge in [0.25, 0.3) is 11.1 Å². The predicted molar refractivity (Wildman–Crippen MR) is 144 cm³/mol. The Balaban J connectivity index is 1.56. The third-order valence-corrected chi connectivity index (χ3v) is 7.44. The van der Waals surface area contributed by atoms with Crippen LogP contribution in [-0.4, -0.2) is 23.2 Å². The van der Waals surface area contributed by atoms with E-state index in [0.29, 0.717) is 38.6 Å². The Kier molecular flexibility index (Phi) is 8.08. The number of ether oxygens (including phenoxy) is 2. The van der Waals surface area contributed by atoms with Crippen LogP contribution in [0.15, 0.2) is 65.6 Å². The lowest BCUT2D eigenvalue weighted by atomic mass is 10.1. The lowest BCUT2D eigenvalue weighted by Crippen LogP contribution is -2.27. The standard InChI is InChI=1S/C25H18Cl2INO4S/c1-32-21-11-16(10-20(28)23(21)33-14-15-6-3-2-4-7-15)12-22-24(30)29(25(31)34-22)13-17-18(26)8-5-9-19(17)27/h2-12H,13-14H2,1H3/b22-12+. The van der Waals surface area contributed by atoms with Crippen molar-refractivity contribution in [3.63, 3.8) is 0 Å². The first-order valence-corrected chi connectivity index (χ1v) is 12.7. The zero-order valence-corrected chi connectivity index (χ0v) is 22.4. The molecule has 0 N–H and O–H groups in total. The maximum absolute atomic E-state index is 13.0. The molecule has 0 bridgehead atoms. The molecule has 0 aliphatic carbocycles.